The SMILES string of the molecule is CN=C(NCCC(F)(F)F)NC(C)c1ccc2c(c1)CCCC2. The second-order valence-electron chi connectivity index (χ2n) is 5.97. The lowest BCUT2D eigenvalue weighted by atomic mass is 9.89. The molecule has 0 fully saturated rings. The van der Waals surface area contributed by atoms with Crippen molar-refractivity contribution in [1.29, 1.82) is 0 Å². The van der Waals surface area contributed by atoms with Crippen LogP contribution in [0.5, 0.6) is 0 Å². The number of guanidine groups is 1. The molecule has 0 radical (unpaired) electrons. The Labute approximate surface area is 135 Å². The predicted molar refractivity (Wildman–Crippen MR) is 86.7 cm³/mol. The normalized spacial score (nSPS) is 16.7. The van der Waals surface area contributed by atoms with Gasteiger partial charge >= 0.3 is 6.18 Å². The van der Waals surface area contributed by atoms with Gasteiger partial charge in [-0.2, -0.15) is 13.2 Å². The van der Waals surface area contributed by atoms with Crippen LogP contribution in [0.15, 0.2) is 23.2 Å². The lowest BCUT2D eigenvalue weighted by Crippen LogP contribution is -2.40. The molecular weight excluding hydrogens is 303 g/mol. The fourth-order valence-corrected chi connectivity index (χ4v) is 2.83. The summed E-state index contributed by atoms with van der Waals surface area (Å²) in [4.78, 5) is 3.99. The van der Waals surface area contributed by atoms with Crippen molar-refractivity contribution in [2.24, 2.45) is 4.99 Å². The van der Waals surface area contributed by atoms with Crippen LogP contribution < -0.4 is 10.6 Å². The molecule has 0 saturated carbocycles. The van der Waals surface area contributed by atoms with Crippen LogP contribution in [0, 0.1) is 0 Å². The summed E-state index contributed by atoms with van der Waals surface area (Å²) in [6.45, 7) is 1.81. The third-order valence-corrected chi connectivity index (χ3v) is 4.15. The first-order chi connectivity index (χ1) is 10.9. The third-order valence-electron chi connectivity index (χ3n) is 4.15. The van der Waals surface area contributed by atoms with E-state index < -0.39 is 12.6 Å². The minimum Gasteiger partial charge on any atom is -0.356 e. The van der Waals surface area contributed by atoms with Gasteiger partial charge in [0, 0.05) is 13.6 Å². The first-order valence-electron chi connectivity index (χ1n) is 8.04. The molecule has 0 heterocycles. The van der Waals surface area contributed by atoms with Gasteiger partial charge in [0.05, 0.1) is 12.5 Å². The zero-order valence-corrected chi connectivity index (χ0v) is 13.6. The van der Waals surface area contributed by atoms with E-state index in [2.05, 4.69) is 33.8 Å². The molecule has 2 rings (SSSR count). The molecule has 128 valence electrons. The number of aliphatic imine (C=N–C) groups is 1. The van der Waals surface area contributed by atoms with E-state index in [-0.39, 0.29) is 12.6 Å². The van der Waals surface area contributed by atoms with Crippen LogP contribution in [0.2, 0.25) is 0 Å². The maximum Gasteiger partial charge on any atom is 0.390 e. The van der Waals surface area contributed by atoms with Gasteiger partial charge in [-0.25, -0.2) is 0 Å². The smallest absolute Gasteiger partial charge is 0.356 e. The van der Waals surface area contributed by atoms with Crippen molar-refractivity contribution in [3.63, 3.8) is 0 Å². The fraction of sp³-hybridized carbons (Fsp3) is 0.588. The summed E-state index contributed by atoms with van der Waals surface area (Å²) in [6, 6.07) is 6.45. The van der Waals surface area contributed by atoms with Gasteiger partial charge < -0.3 is 10.6 Å². The number of aryl methyl sites for hydroxylation is 2. The Morgan fingerprint density at radius 1 is 1.22 bits per heavy atom. The number of hydrogen-bond acceptors (Lipinski definition) is 1. The van der Waals surface area contributed by atoms with E-state index in [1.165, 1.54) is 24.0 Å². The van der Waals surface area contributed by atoms with E-state index in [0.29, 0.717) is 5.96 Å². The highest BCUT2D eigenvalue weighted by molar-refractivity contribution is 5.80. The highest BCUT2D eigenvalue weighted by atomic mass is 19.4. The predicted octanol–water partition coefficient (Wildman–Crippen LogP) is 3.74. The molecule has 2 N–H and O–H groups in total. The average Bonchev–Trinajstić information content (AvgIpc) is 2.52. The molecule has 23 heavy (non-hydrogen) atoms. The maximum atomic E-state index is 12.2. The lowest BCUT2D eigenvalue weighted by molar-refractivity contribution is -0.132. The summed E-state index contributed by atoms with van der Waals surface area (Å²) in [6.07, 6.45) is -0.321. The zero-order chi connectivity index (χ0) is 16.9. The van der Waals surface area contributed by atoms with Crippen molar-refractivity contribution in [2.75, 3.05) is 13.6 Å². The standard InChI is InChI=1S/C17H24F3N3/c1-12(23-16(21-2)22-10-9-17(18,19)20)14-8-7-13-5-3-4-6-15(13)11-14/h7-8,11-12H,3-6,9-10H2,1-2H3,(H2,21,22,23). The van der Waals surface area contributed by atoms with Gasteiger partial charge in [-0.1, -0.05) is 18.2 Å². The number of nitrogens with zero attached hydrogens (tertiary/aromatic N) is 1. The maximum absolute atomic E-state index is 12.2. The molecule has 0 amide bonds. The van der Waals surface area contributed by atoms with Crippen LogP contribution >= 0.6 is 0 Å². The van der Waals surface area contributed by atoms with Gasteiger partial charge in [0.1, 0.15) is 0 Å². The quantitative estimate of drug-likeness (QED) is 0.653. The minimum absolute atomic E-state index is 0.0145. The zero-order valence-electron chi connectivity index (χ0n) is 13.6. The van der Waals surface area contributed by atoms with Crippen molar-refractivity contribution in [1.82, 2.24) is 10.6 Å². The summed E-state index contributed by atoms with van der Waals surface area (Å²) >= 11 is 0. The van der Waals surface area contributed by atoms with E-state index in [9.17, 15) is 13.2 Å². The van der Waals surface area contributed by atoms with Gasteiger partial charge in [-0.15, -0.1) is 0 Å². The molecule has 6 heteroatoms. The fourth-order valence-electron chi connectivity index (χ4n) is 2.83. The van der Waals surface area contributed by atoms with Gasteiger partial charge in [0.15, 0.2) is 5.96 Å². The van der Waals surface area contributed by atoms with Gasteiger partial charge in [0.25, 0.3) is 0 Å². The number of benzene rings is 1. The topological polar surface area (TPSA) is 36.4 Å². The van der Waals surface area contributed by atoms with E-state index in [1.54, 1.807) is 7.05 Å². The number of nitrogens with one attached hydrogen (secondary N) is 2. The second kappa shape index (κ2) is 7.70. The van der Waals surface area contributed by atoms with Gasteiger partial charge in [-0.3, -0.25) is 4.99 Å². The number of halogens is 3. The highest BCUT2D eigenvalue weighted by Gasteiger charge is 2.26. The Hall–Kier alpha value is -1.72. The van der Waals surface area contributed by atoms with Crippen molar-refractivity contribution in [3.8, 4) is 0 Å². The van der Waals surface area contributed by atoms with Crippen LogP contribution in [0.25, 0.3) is 0 Å². The average molecular weight is 327 g/mol. The highest BCUT2D eigenvalue weighted by Crippen LogP contribution is 2.24. The third kappa shape index (κ3) is 5.44. The summed E-state index contributed by atoms with van der Waals surface area (Å²) in [7, 11) is 1.56. The Morgan fingerprint density at radius 3 is 2.57 bits per heavy atom. The van der Waals surface area contributed by atoms with Crippen LogP contribution in [-0.2, 0) is 12.8 Å². The van der Waals surface area contributed by atoms with Crippen molar-refractivity contribution in [3.05, 3.63) is 34.9 Å². The van der Waals surface area contributed by atoms with E-state index in [4.69, 9.17) is 0 Å². The van der Waals surface area contributed by atoms with Crippen LogP contribution in [0.1, 0.15) is 48.9 Å². The molecule has 0 spiro atoms. The molecule has 1 aliphatic carbocycles. The van der Waals surface area contributed by atoms with Gasteiger partial charge in [0.2, 0.25) is 0 Å². The molecule has 1 aliphatic rings. The molecular formula is C17H24F3N3. The Balaban J connectivity index is 1.93. The monoisotopic (exact) mass is 327 g/mol. The molecule has 1 atom stereocenters. The number of alkyl halides is 3. The molecule has 0 aromatic heterocycles. The van der Waals surface area contributed by atoms with Crippen LogP contribution in [0.4, 0.5) is 13.2 Å². The first-order valence-corrected chi connectivity index (χ1v) is 8.04. The number of fused-ring (bicyclic) bond motifs is 1. The van der Waals surface area contributed by atoms with Crippen molar-refractivity contribution >= 4 is 5.96 Å². The van der Waals surface area contributed by atoms with E-state index >= 15 is 0 Å². The molecule has 0 saturated heterocycles. The molecule has 3 nitrogen and oxygen atoms in total. The van der Waals surface area contributed by atoms with Crippen molar-refractivity contribution in [2.45, 2.75) is 51.2 Å². The Morgan fingerprint density at radius 2 is 1.91 bits per heavy atom. The molecule has 1 aromatic carbocycles. The van der Waals surface area contributed by atoms with E-state index in [1.807, 2.05) is 6.92 Å². The summed E-state index contributed by atoms with van der Waals surface area (Å²) < 4.78 is 36.6. The van der Waals surface area contributed by atoms with Crippen LogP contribution in [0.3, 0.4) is 0 Å². The van der Waals surface area contributed by atoms with Crippen LogP contribution in [-0.4, -0.2) is 25.7 Å². The van der Waals surface area contributed by atoms with Gasteiger partial charge in [-0.05, 0) is 49.3 Å². The Kier molecular flexibility index (Phi) is 5.91. The molecule has 0 aliphatic heterocycles. The molecule has 1 aromatic rings. The second-order valence-corrected chi connectivity index (χ2v) is 5.97. The minimum atomic E-state index is -4.16. The lowest BCUT2D eigenvalue weighted by Gasteiger charge is -2.21. The summed E-state index contributed by atoms with van der Waals surface area (Å²) in [5.74, 6) is 0.388. The first kappa shape index (κ1) is 17.6. The number of hydrogen-bond donors (Lipinski definition) is 2. The Bertz CT molecular complexity index is 553. The van der Waals surface area contributed by atoms with E-state index in [0.717, 1.165) is 18.4 Å². The largest absolute Gasteiger partial charge is 0.390 e. The number of rotatable bonds is 4. The summed E-state index contributed by atoms with van der Waals surface area (Å²) in [5.41, 5.74) is 3.94. The summed E-state index contributed by atoms with van der Waals surface area (Å²) in [5, 5.41) is 5.86. The van der Waals surface area contributed by atoms with Crippen molar-refractivity contribution < 1.29 is 13.2 Å². The molecule has 1 unspecified atom stereocenters. The molecule has 0 bridgehead atoms.